The van der Waals surface area contributed by atoms with Crippen LogP contribution in [0.25, 0.3) is 0 Å². The summed E-state index contributed by atoms with van der Waals surface area (Å²) in [7, 11) is -7.31. The lowest BCUT2D eigenvalue weighted by Crippen LogP contribution is -2.23. The first-order chi connectivity index (χ1) is 11.4. The normalized spacial score (nSPS) is 13.8. The topological polar surface area (TPSA) is 83.1 Å². The SMILES string of the molecule is CCOP(=O)(NC(c1ccccc1)P(=O)(OCC)OCC)OCC. The molecular formula is C15H27NO6P2. The van der Waals surface area contributed by atoms with Crippen molar-refractivity contribution < 1.29 is 27.2 Å². The molecular weight excluding hydrogens is 352 g/mol. The first kappa shape index (κ1) is 21.5. The molecule has 138 valence electrons. The van der Waals surface area contributed by atoms with E-state index in [-0.39, 0.29) is 26.4 Å². The van der Waals surface area contributed by atoms with E-state index in [1.165, 1.54) is 0 Å². The van der Waals surface area contributed by atoms with Crippen LogP contribution in [0.2, 0.25) is 0 Å². The predicted octanol–water partition coefficient (Wildman–Crippen LogP) is 4.72. The van der Waals surface area contributed by atoms with Crippen molar-refractivity contribution in [1.29, 1.82) is 0 Å². The predicted molar refractivity (Wildman–Crippen MR) is 94.0 cm³/mol. The van der Waals surface area contributed by atoms with Crippen LogP contribution >= 0.6 is 15.3 Å². The summed E-state index contributed by atoms with van der Waals surface area (Å²) in [5.41, 5.74) is 0.613. The van der Waals surface area contributed by atoms with Crippen molar-refractivity contribution in [3.8, 4) is 0 Å². The van der Waals surface area contributed by atoms with Crippen LogP contribution in [-0.4, -0.2) is 26.4 Å². The van der Waals surface area contributed by atoms with Gasteiger partial charge in [-0.3, -0.25) is 13.6 Å². The molecule has 1 rings (SSSR count). The van der Waals surface area contributed by atoms with Gasteiger partial charge in [0, 0.05) is 0 Å². The van der Waals surface area contributed by atoms with Crippen molar-refractivity contribution in [2.45, 2.75) is 33.5 Å². The van der Waals surface area contributed by atoms with E-state index >= 15 is 0 Å². The molecule has 0 fully saturated rings. The molecule has 0 aliphatic rings. The van der Waals surface area contributed by atoms with Gasteiger partial charge in [0.2, 0.25) is 0 Å². The zero-order valence-corrected chi connectivity index (χ0v) is 16.4. The van der Waals surface area contributed by atoms with Gasteiger partial charge in [0.05, 0.1) is 26.4 Å². The minimum absolute atomic E-state index is 0.180. The van der Waals surface area contributed by atoms with E-state index in [9.17, 15) is 9.13 Å². The highest BCUT2D eigenvalue weighted by Gasteiger charge is 2.42. The van der Waals surface area contributed by atoms with Crippen LogP contribution in [0.5, 0.6) is 0 Å². The number of rotatable bonds is 12. The quantitative estimate of drug-likeness (QED) is 0.526. The largest absolute Gasteiger partial charge is 0.406 e. The van der Waals surface area contributed by atoms with Crippen molar-refractivity contribution >= 4 is 15.3 Å². The Morgan fingerprint density at radius 2 is 1.29 bits per heavy atom. The second kappa shape index (κ2) is 10.5. The average molecular weight is 379 g/mol. The second-order valence-electron chi connectivity index (χ2n) is 4.65. The Morgan fingerprint density at radius 3 is 1.71 bits per heavy atom. The minimum atomic E-state index is -3.67. The highest BCUT2D eigenvalue weighted by molar-refractivity contribution is 7.57. The van der Waals surface area contributed by atoms with Gasteiger partial charge < -0.3 is 9.05 Å². The van der Waals surface area contributed by atoms with Gasteiger partial charge in [-0.15, -0.1) is 0 Å². The summed E-state index contributed by atoms with van der Waals surface area (Å²) in [6.45, 7) is 7.59. The number of nitrogens with one attached hydrogen (secondary N) is 1. The molecule has 7 nitrogen and oxygen atoms in total. The average Bonchev–Trinajstić information content (AvgIpc) is 2.54. The lowest BCUT2D eigenvalue weighted by atomic mass is 10.2. The summed E-state index contributed by atoms with van der Waals surface area (Å²) in [4.78, 5) is 0. The van der Waals surface area contributed by atoms with Gasteiger partial charge >= 0.3 is 15.3 Å². The van der Waals surface area contributed by atoms with E-state index in [1.54, 1.807) is 52.0 Å². The third-order valence-corrected chi connectivity index (χ3v) is 7.20. The second-order valence-corrected chi connectivity index (χ2v) is 8.53. The van der Waals surface area contributed by atoms with Gasteiger partial charge in [0.15, 0.2) is 0 Å². The Kier molecular flexibility index (Phi) is 9.39. The molecule has 0 aliphatic carbocycles. The maximum Gasteiger partial charge on any atom is 0.406 e. The number of hydrogen-bond acceptors (Lipinski definition) is 6. The van der Waals surface area contributed by atoms with Gasteiger partial charge in [0.25, 0.3) is 0 Å². The lowest BCUT2D eigenvalue weighted by Gasteiger charge is -2.30. The van der Waals surface area contributed by atoms with E-state index < -0.39 is 21.1 Å². The molecule has 0 saturated heterocycles. The van der Waals surface area contributed by atoms with Crippen LogP contribution in [0, 0.1) is 0 Å². The van der Waals surface area contributed by atoms with E-state index in [1.807, 2.05) is 6.07 Å². The molecule has 1 N–H and O–H groups in total. The summed E-state index contributed by atoms with van der Waals surface area (Å²) in [5, 5.41) is 2.76. The summed E-state index contributed by atoms with van der Waals surface area (Å²) in [6.07, 6.45) is 0. The zero-order chi connectivity index (χ0) is 18.1. The molecule has 0 aliphatic heterocycles. The first-order valence-electron chi connectivity index (χ1n) is 8.05. The third-order valence-electron chi connectivity index (χ3n) is 2.93. The Hall–Kier alpha value is -0.520. The molecule has 24 heavy (non-hydrogen) atoms. The van der Waals surface area contributed by atoms with Gasteiger partial charge in [-0.1, -0.05) is 30.3 Å². The maximum atomic E-state index is 13.3. The lowest BCUT2D eigenvalue weighted by molar-refractivity contribution is 0.193. The number of benzene rings is 1. The summed E-state index contributed by atoms with van der Waals surface area (Å²) >= 11 is 0. The molecule has 0 aromatic heterocycles. The minimum Gasteiger partial charge on any atom is -0.308 e. The molecule has 0 bridgehead atoms. The third kappa shape index (κ3) is 6.08. The fourth-order valence-corrected chi connectivity index (χ4v) is 6.08. The van der Waals surface area contributed by atoms with Crippen molar-refractivity contribution in [3.05, 3.63) is 35.9 Å². The fraction of sp³-hybridized carbons (Fsp3) is 0.600. The van der Waals surface area contributed by atoms with Crippen molar-refractivity contribution in [1.82, 2.24) is 5.09 Å². The molecule has 0 amide bonds. The monoisotopic (exact) mass is 379 g/mol. The molecule has 1 aromatic rings. The molecule has 1 unspecified atom stereocenters. The van der Waals surface area contributed by atoms with Gasteiger partial charge in [-0.25, -0.2) is 9.65 Å². The first-order valence-corrected chi connectivity index (χ1v) is 11.2. The molecule has 1 aromatic carbocycles. The Balaban J connectivity index is 3.27. The van der Waals surface area contributed by atoms with Crippen molar-refractivity contribution in [2.75, 3.05) is 26.4 Å². The van der Waals surface area contributed by atoms with E-state index in [4.69, 9.17) is 18.1 Å². The van der Waals surface area contributed by atoms with Gasteiger partial charge in [-0.2, -0.15) is 0 Å². The molecule has 0 heterocycles. The molecule has 0 saturated carbocycles. The zero-order valence-electron chi connectivity index (χ0n) is 14.6. The Labute approximate surface area is 144 Å². The maximum absolute atomic E-state index is 13.3. The van der Waals surface area contributed by atoms with Crippen LogP contribution in [-0.2, 0) is 27.2 Å². The molecule has 0 radical (unpaired) electrons. The molecule has 1 atom stereocenters. The smallest absolute Gasteiger partial charge is 0.308 e. The van der Waals surface area contributed by atoms with Crippen LogP contribution in [0.1, 0.15) is 39.0 Å². The van der Waals surface area contributed by atoms with Crippen LogP contribution < -0.4 is 5.09 Å². The van der Waals surface area contributed by atoms with E-state index in [0.29, 0.717) is 5.56 Å². The summed E-state index contributed by atoms with van der Waals surface area (Å²) in [5.74, 6) is -0.970. The van der Waals surface area contributed by atoms with Crippen molar-refractivity contribution in [3.63, 3.8) is 0 Å². The highest BCUT2D eigenvalue weighted by Crippen LogP contribution is 2.63. The molecule has 9 heteroatoms. The highest BCUT2D eigenvalue weighted by atomic mass is 31.2. The Morgan fingerprint density at radius 1 is 0.833 bits per heavy atom. The van der Waals surface area contributed by atoms with Crippen LogP contribution in [0.15, 0.2) is 30.3 Å². The summed E-state index contributed by atoms with van der Waals surface area (Å²) < 4.78 is 47.5. The van der Waals surface area contributed by atoms with Crippen LogP contribution in [0.3, 0.4) is 0 Å². The van der Waals surface area contributed by atoms with E-state index in [2.05, 4.69) is 5.09 Å². The standard InChI is InChI=1S/C15H27NO6P2/c1-5-19-23(17,20-6-2)15(14-12-10-9-11-13-14)16-24(18,21-7-3)22-8-4/h9-13,15H,5-8H2,1-4H3,(H,16,18). The fourth-order valence-electron chi connectivity index (χ4n) is 2.11. The van der Waals surface area contributed by atoms with Gasteiger partial charge in [-0.05, 0) is 33.3 Å². The van der Waals surface area contributed by atoms with E-state index in [0.717, 1.165) is 0 Å². The Bertz CT molecular complexity index is 548. The molecule has 0 spiro atoms. The van der Waals surface area contributed by atoms with Crippen molar-refractivity contribution in [2.24, 2.45) is 0 Å². The number of hydrogen-bond donors (Lipinski definition) is 1. The van der Waals surface area contributed by atoms with Gasteiger partial charge in [0.1, 0.15) is 5.78 Å². The van der Waals surface area contributed by atoms with Crippen LogP contribution in [0.4, 0.5) is 0 Å². The summed E-state index contributed by atoms with van der Waals surface area (Å²) in [6, 6.07) is 8.92.